The van der Waals surface area contributed by atoms with Crippen molar-refractivity contribution in [3.8, 4) is 0 Å². The minimum Gasteiger partial charge on any atom is -0.425 e. The molecule has 1 amide bonds. The summed E-state index contributed by atoms with van der Waals surface area (Å²) >= 11 is 6.24. The average Bonchev–Trinajstić information content (AvgIpc) is 2.78. The number of esters is 1. The molecule has 0 aromatic heterocycles. The molecule has 0 bridgehead atoms. The zero-order valence-corrected chi connectivity index (χ0v) is 13.4. The van der Waals surface area contributed by atoms with Crippen LogP contribution in [0.3, 0.4) is 0 Å². The van der Waals surface area contributed by atoms with Gasteiger partial charge in [0.2, 0.25) is 0 Å². The monoisotopic (exact) mass is 327 g/mol. The maximum Gasteiger partial charge on any atom is 0.308 e. The maximum absolute atomic E-state index is 12.7. The Kier molecular flexibility index (Phi) is 3.92. The number of fused-ring (bicyclic) bond motifs is 1. The summed E-state index contributed by atoms with van der Waals surface area (Å²) in [5, 5.41) is 0.413. The van der Waals surface area contributed by atoms with Gasteiger partial charge < -0.3 is 9.64 Å². The number of benzene rings is 2. The van der Waals surface area contributed by atoms with Crippen LogP contribution in [0.4, 0.5) is 5.69 Å². The molecule has 4 nitrogen and oxygen atoms in total. The second-order valence-corrected chi connectivity index (χ2v) is 5.57. The van der Waals surface area contributed by atoms with Gasteiger partial charge in [-0.1, -0.05) is 41.9 Å². The Morgan fingerprint density at radius 1 is 1.09 bits per heavy atom. The summed E-state index contributed by atoms with van der Waals surface area (Å²) in [7, 11) is 1.69. The van der Waals surface area contributed by atoms with E-state index in [2.05, 4.69) is 0 Å². The lowest BCUT2D eigenvalue weighted by Crippen LogP contribution is -2.21. The van der Waals surface area contributed by atoms with Crippen LogP contribution in [0.2, 0.25) is 5.02 Å². The molecule has 0 saturated heterocycles. The summed E-state index contributed by atoms with van der Waals surface area (Å²) in [5.41, 5.74) is 2.34. The SMILES string of the molecule is CC(=O)O/C(=C1/C(=O)N(C)c2ccccc21)c1ccccc1Cl. The molecule has 0 radical (unpaired) electrons. The van der Waals surface area contributed by atoms with Gasteiger partial charge in [0.05, 0.1) is 16.3 Å². The first-order valence-electron chi connectivity index (χ1n) is 7.05. The highest BCUT2D eigenvalue weighted by Gasteiger charge is 2.34. The molecule has 0 atom stereocenters. The van der Waals surface area contributed by atoms with Crippen LogP contribution in [-0.2, 0) is 14.3 Å². The van der Waals surface area contributed by atoms with E-state index >= 15 is 0 Å². The average molecular weight is 328 g/mol. The van der Waals surface area contributed by atoms with Gasteiger partial charge in [0, 0.05) is 25.1 Å². The molecule has 23 heavy (non-hydrogen) atoms. The number of carbonyl (C=O) groups excluding carboxylic acids is 2. The summed E-state index contributed by atoms with van der Waals surface area (Å²) in [6.45, 7) is 1.30. The summed E-state index contributed by atoms with van der Waals surface area (Å²) in [4.78, 5) is 25.8. The van der Waals surface area contributed by atoms with E-state index in [9.17, 15) is 9.59 Å². The molecule has 2 aromatic carbocycles. The highest BCUT2D eigenvalue weighted by Crippen LogP contribution is 2.41. The van der Waals surface area contributed by atoms with Crippen LogP contribution in [-0.4, -0.2) is 18.9 Å². The Balaban J connectivity index is 2.31. The molecular weight excluding hydrogens is 314 g/mol. The molecule has 2 aromatic rings. The lowest BCUT2D eigenvalue weighted by atomic mass is 10.0. The van der Waals surface area contributed by atoms with E-state index in [1.165, 1.54) is 11.8 Å². The number of ether oxygens (including phenoxy) is 1. The van der Waals surface area contributed by atoms with Crippen LogP contribution in [0.25, 0.3) is 11.3 Å². The third-order valence-electron chi connectivity index (χ3n) is 3.64. The van der Waals surface area contributed by atoms with Gasteiger partial charge in [0.1, 0.15) is 0 Å². The number of para-hydroxylation sites is 1. The van der Waals surface area contributed by atoms with E-state index in [-0.39, 0.29) is 11.7 Å². The zero-order valence-electron chi connectivity index (χ0n) is 12.7. The lowest BCUT2D eigenvalue weighted by molar-refractivity contribution is -0.134. The minimum absolute atomic E-state index is 0.185. The van der Waals surface area contributed by atoms with Gasteiger partial charge >= 0.3 is 5.97 Å². The van der Waals surface area contributed by atoms with Crippen LogP contribution < -0.4 is 4.90 Å². The van der Waals surface area contributed by atoms with Gasteiger partial charge in [0.25, 0.3) is 5.91 Å². The van der Waals surface area contributed by atoms with Gasteiger partial charge in [-0.25, -0.2) is 0 Å². The fourth-order valence-electron chi connectivity index (χ4n) is 2.62. The van der Waals surface area contributed by atoms with Gasteiger partial charge in [-0.2, -0.15) is 0 Å². The molecule has 0 N–H and O–H groups in total. The number of anilines is 1. The normalized spacial score (nSPS) is 15.4. The van der Waals surface area contributed by atoms with Crippen molar-refractivity contribution in [1.29, 1.82) is 0 Å². The van der Waals surface area contributed by atoms with Crippen LogP contribution in [0.5, 0.6) is 0 Å². The number of hydrogen-bond donors (Lipinski definition) is 0. The molecular formula is C18H14ClNO3. The van der Waals surface area contributed by atoms with E-state index < -0.39 is 5.97 Å². The summed E-state index contributed by atoms with van der Waals surface area (Å²) < 4.78 is 5.39. The largest absolute Gasteiger partial charge is 0.425 e. The van der Waals surface area contributed by atoms with Gasteiger partial charge in [-0.05, 0) is 18.2 Å². The standard InChI is InChI=1S/C18H14ClNO3/c1-11(21)23-17(12-7-3-5-9-14(12)19)16-13-8-4-6-10-15(13)20(2)18(16)22/h3-10H,1-2H3/b17-16+. The molecule has 1 aliphatic heterocycles. The van der Waals surface area contributed by atoms with Crippen molar-refractivity contribution in [3.63, 3.8) is 0 Å². The summed E-state index contributed by atoms with van der Waals surface area (Å²) in [6, 6.07) is 14.3. The van der Waals surface area contributed by atoms with Gasteiger partial charge in [-0.15, -0.1) is 0 Å². The summed E-state index contributed by atoms with van der Waals surface area (Å²) in [5.74, 6) is -0.556. The Labute approximate surface area is 138 Å². The van der Waals surface area contributed by atoms with Crippen molar-refractivity contribution in [1.82, 2.24) is 0 Å². The van der Waals surface area contributed by atoms with E-state index in [0.717, 1.165) is 11.3 Å². The van der Waals surface area contributed by atoms with E-state index in [1.807, 2.05) is 24.3 Å². The maximum atomic E-state index is 12.7. The van der Waals surface area contributed by atoms with Crippen LogP contribution in [0.1, 0.15) is 18.1 Å². The Bertz CT molecular complexity index is 842. The molecule has 1 aliphatic rings. The summed E-state index contributed by atoms with van der Waals surface area (Å²) in [6.07, 6.45) is 0. The molecule has 116 valence electrons. The quantitative estimate of drug-likeness (QED) is 0.479. The lowest BCUT2D eigenvalue weighted by Gasteiger charge is -2.12. The predicted octanol–water partition coefficient (Wildman–Crippen LogP) is 3.75. The van der Waals surface area contributed by atoms with Gasteiger partial charge in [-0.3, -0.25) is 9.59 Å². The molecule has 0 saturated carbocycles. The second-order valence-electron chi connectivity index (χ2n) is 5.16. The first kappa shape index (κ1) is 15.3. The van der Waals surface area contributed by atoms with Crippen LogP contribution in [0, 0.1) is 0 Å². The molecule has 1 heterocycles. The molecule has 0 fully saturated rings. The van der Waals surface area contributed by atoms with Crippen molar-refractivity contribution >= 4 is 40.5 Å². The Hall–Kier alpha value is -2.59. The van der Waals surface area contributed by atoms with Crippen molar-refractivity contribution in [3.05, 3.63) is 64.7 Å². The molecule has 0 aliphatic carbocycles. The molecule has 5 heteroatoms. The van der Waals surface area contributed by atoms with Crippen molar-refractivity contribution in [2.75, 3.05) is 11.9 Å². The number of halogens is 1. The van der Waals surface area contributed by atoms with E-state index in [1.54, 1.807) is 31.3 Å². The van der Waals surface area contributed by atoms with Crippen molar-refractivity contribution < 1.29 is 14.3 Å². The number of likely N-dealkylation sites (N-methyl/N-ethyl adjacent to an activating group) is 1. The molecule has 0 unspecified atom stereocenters. The number of carbonyl (C=O) groups is 2. The highest BCUT2D eigenvalue weighted by atomic mass is 35.5. The van der Waals surface area contributed by atoms with E-state index in [0.29, 0.717) is 16.2 Å². The van der Waals surface area contributed by atoms with E-state index in [4.69, 9.17) is 16.3 Å². The second kappa shape index (κ2) is 5.89. The third-order valence-corrected chi connectivity index (χ3v) is 3.97. The van der Waals surface area contributed by atoms with Crippen molar-refractivity contribution in [2.24, 2.45) is 0 Å². The first-order valence-corrected chi connectivity index (χ1v) is 7.43. The number of hydrogen-bond acceptors (Lipinski definition) is 3. The van der Waals surface area contributed by atoms with Crippen LogP contribution in [0.15, 0.2) is 48.5 Å². The highest BCUT2D eigenvalue weighted by molar-refractivity contribution is 6.39. The Morgan fingerprint density at radius 2 is 1.74 bits per heavy atom. The Morgan fingerprint density at radius 3 is 2.43 bits per heavy atom. The molecule has 0 spiro atoms. The number of rotatable bonds is 2. The number of amides is 1. The zero-order chi connectivity index (χ0) is 16.6. The number of nitrogens with zero attached hydrogens (tertiary/aromatic N) is 1. The van der Waals surface area contributed by atoms with Gasteiger partial charge in [0.15, 0.2) is 5.76 Å². The predicted molar refractivity (Wildman–Crippen MR) is 89.9 cm³/mol. The van der Waals surface area contributed by atoms with Crippen LogP contribution >= 0.6 is 11.6 Å². The topological polar surface area (TPSA) is 46.6 Å². The first-order chi connectivity index (χ1) is 11.0. The fraction of sp³-hybridized carbons (Fsp3) is 0.111. The minimum atomic E-state index is -0.507. The van der Waals surface area contributed by atoms with Crippen molar-refractivity contribution in [2.45, 2.75) is 6.92 Å². The molecule has 3 rings (SSSR count). The third kappa shape index (κ3) is 2.62. The fourth-order valence-corrected chi connectivity index (χ4v) is 2.84. The smallest absolute Gasteiger partial charge is 0.308 e.